The van der Waals surface area contributed by atoms with Crippen molar-refractivity contribution in [2.75, 3.05) is 26.2 Å². The maximum absolute atomic E-state index is 13.2. The van der Waals surface area contributed by atoms with Gasteiger partial charge in [-0.05, 0) is 52.5 Å². The molecule has 5 heteroatoms. The summed E-state index contributed by atoms with van der Waals surface area (Å²) < 4.78 is 6.05. The quantitative estimate of drug-likeness (QED) is 0.304. The van der Waals surface area contributed by atoms with E-state index in [0.29, 0.717) is 32.5 Å². The third-order valence-corrected chi connectivity index (χ3v) is 7.27. The van der Waals surface area contributed by atoms with Crippen LogP contribution in [0.15, 0.2) is 54.6 Å². The summed E-state index contributed by atoms with van der Waals surface area (Å²) in [5.41, 5.74) is 2.54. The lowest BCUT2D eigenvalue weighted by Crippen LogP contribution is -2.38. The van der Waals surface area contributed by atoms with Crippen molar-refractivity contribution >= 4 is 22.6 Å². The van der Waals surface area contributed by atoms with E-state index in [4.69, 9.17) is 4.74 Å². The molecular weight excluding hydrogens is 448 g/mol. The van der Waals surface area contributed by atoms with Gasteiger partial charge < -0.3 is 4.74 Å². The molecule has 2 amide bonds. The average Bonchev–Trinajstić information content (AvgIpc) is 3.34. The number of amides is 2. The molecule has 0 spiro atoms. The van der Waals surface area contributed by atoms with E-state index < -0.39 is 0 Å². The fourth-order valence-corrected chi connectivity index (χ4v) is 6.37. The van der Waals surface area contributed by atoms with Gasteiger partial charge >= 0.3 is 0 Å². The number of carbonyl (C=O) groups excluding carboxylic acids is 2. The standard InChI is InChI=1S/C31H42N2O3/c1-22(20-31(5,6)21-30(2,3)4)17-26-19-27(34)33(28(26)35)14-13-32-15-16-36-29(32)25-12-11-23-9-7-8-10-24(23)18-25/h7-12,18,26,29H,1,13-17,19-21H2,2-6H3. The number of benzene rings is 2. The van der Waals surface area contributed by atoms with Crippen LogP contribution in [0.25, 0.3) is 10.8 Å². The van der Waals surface area contributed by atoms with Crippen molar-refractivity contribution < 1.29 is 14.3 Å². The monoisotopic (exact) mass is 490 g/mol. The van der Waals surface area contributed by atoms with Crippen molar-refractivity contribution in [3.05, 3.63) is 60.2 Å². The second kappa shape index (κ2) is 10.5. The molecule has 2 aliphatic heterocycles. The Morgan fingerprint density at radius 1 is 1.03 bits per heavy atom. The van der Waals surface area contributed by atoms with Crippen molar-refractivity contribution in [1.82, 2.24) is 9.80 Å². The lowest BCUT2D eigenvalue weighted by molar-refractivity contribution is -0.139. The Morgan fingerprint density at radius 3 is 2.47 bits per heavy atom. The van der Waals surface area contributed by atoms with Crippen molar-refractivity contribution in [3.8, 4) is 0 Å². The topological polar surface area (TPSA) is 49.9 Å². The number of hydrogen-bond acceptors (Lipinski definition) is 4. The number of fused-ring (bicyclic) bond motifs is 1. The van der Waals surface area contributed by atoms with Crippen LogP contribution in [0.3, 0.4) is 0 Å². The van der Waals surface area contributed by atoms with Crippen LogP contribution in [-0.2, 0) is 14.3 Å². The second-order valence-electron chi connectivity index (χ2n) is 12.7. The summed E-state index contributed by atoms with van der Waals surface area (Å²) in [7, 11) is 0. The average molecular weight is 491 g/mol. The molecule has 4 rings (SSSR count). The first-order valence-corrected chi connectivity index (χ1v) is 13.3. The van der Waals surface area contributed by atoms with Gasteiger partial charge in [-0.15, -0.1) is 0 Å². The van der Waals surface area contributed by atoms with Gasteiger partial charge in [0.2, 0.25) is 11.8 Å². The number of hydrogen-bond donors (Lipinski definition) is 0. The minimum atomic E-state index is -0.276. The van der Waals surface area contributed by atoms with Gasteiger partial charge in [0.1, 0.15) is 6.23 Å². The number of ether oxygens (including phenoxy) is 1. The molecule has 2 heterocycles. The molecule has 36 heavy (non-hydrogen) atoms. The maximum Gasteiger partial charge on any atom is 0.233 e. The van der Waals surface area contributed by atoms with Gasteiger partial charge in [0, 0.05) is 26.1 Å². The summed E-state index contributed by atoms with van der Waals surface area (Å²) in [6.07, 6.45) is 2.70. The number of likely N-dealkylation sites (tertiary alicyclic amines) is 1. The highest BCUT2D eigenvalue weighted by Crippen LogP contribution is 2.39. The zero-order valence-corrected chi connectivity index (χ0v) is 22.7. The van der Waals surface area contributed by atoms with Crippen LogP contribution >= 0.6 is 0 Å². The predicted molar refractivity (Wildman–Crippen MR) is 145 cm³/mol. The first kappa shape index (κ1) is 26.6. The van der Waals surface area contributed by atoms with Gasteiger partial charge in [-0.25, -0.2) is 0 Å². The number of allylic oxidation sites excluding steroid dienone is 1. The van der Waals surface area contributed by atoms with E-state index in [2.05, 4.69) is 76.4 Å². The number of carbonyl (C=O) groups is 2. The van der Waals surface area contributed by atoms with Gasteiger partial charge in [-0.2, -0.15) is 0 Å². The molecule has 2 aliphatic rings. The van der Waals surface area contributed by atoms with E-state index in [0.717, 1.165) is 30.5 Å². The Balaban J connectivity index is 1.33. The fourth-order valence-electron chi connectivity index (χ4n) is 6.37. The first-order chi connectivity index (χ1) is 16.9. The molecule has 5 nitrogen and oxygen atoms in total. The van der Waals surface area contributed by atoms with Crippen LogP contribution in [0.2, 0.25) is 0 Å². The smallest absolute Gasteiger partial charge is 0.233 e. The highest BCUT2D eigenvalue weighted by atomic mass is 16.5. The van der Waals surface area contributed by atoms with E-state index in [1.807, 2.05) is 12.1 Å². The Labute approximate surface area is 216 Å². The highest BCUT2D eigenvalue weighted by Gasteiger charge is 2.39. The zero-order valence-electron chi connectivity index (χ0n) is 22.7. The van der Waals surface area contributed by atoms with Crippen LogP contribution in [0, 0.1) is 16.7 Å². The molecule has 0 aromatic heterocycles. The lowest BCUT2D eigenvalue weighted by Gasteiger charge is -2.33. The molecule has 2 aromatic carbocycles. The Hall–Kier alpha value is -2.50. The Morgan fingerprint density at radius 2 is 1.75 bits per heavy atom. The molecule has 0 radical (unpaired) electrons. The molecular formula is C31H42N2O3. The summed E-state index contributed by atoms with van der Waals surface area (Å²) in [6, 6.07) is 14.7. The summed E-state index contributed by atoms with van der Waals surface area (Å²) in [4.78, 5) is 29.6. The highest BCUT2D eigenvalue weighted by molar-refractivity contribution is 6.03. The zero-order chi connectivity index (χ0) is 26.1. The molecule has 2 saturated heterocycles. The second-order valence-corrected chi connectivity index (χ2v) is 12.7. The van der Waals surface area contributed by atoms with E-state index in [-0.39, 0.29) is 34.8 Å². The van der Waals surface area contributed by atoms with Crippen molar-refractivity contribution in [2.45, 2.75) is 66.5 Å². The molecule has 0 aliphatic carbocycles. The maximum atomic E-state index is 13.2. The van der Waals surface area contributed by atoms with Crippen molar-refractivity contribution in [3.63, 3.8) is 0 Å². The lowest BCUT2D eigenvalue weighted by atomic mass is 9.72. The molecule has 2 unspecified atom stereocenters. The summed E-state index contributed by atoms with van der Waals surface area (Å²) in [5.74, 6) is -0.382. The van der Waals surface area contributed by atoms with Crippen LogP contribution in [0.5, 0.6) is 0 Å². The Kier molecular flexibility index (Phi) is 7.72. The normalized spacial score (nSPS) is 21.6. The predicted octanol–water partition coefficient (Wildman–Crippen LogP) is 6.34. The third-order valence-electron chi connectivity index (χ3n) is 7.27. The number of imide groups is 1. The van der Waals surface area contributed by atoms with Crippen LogP contribution in [0.4, 0.5) is 0 Å². The molecule has 2 aromatic rings. The van der Waals surface area contributed by atoms with E-state index in [1.54, 1.807) is 0 Å². The van der Waals surface area contributed by atoms with Crippen molar-refractivity contribution in [1.29, 1.82) is 0 Å². The summed E-state index contributed by atoms with van der Waals surface area (Å²) >= 11 is 0. The molecule has 0 bridgehead atoms. The van der Waals surface area contributed by atoms with Crippen LogP contribution in [-0.4, -0.2) is 47.9 Å². The van der Waals surface area contributed by atoms with Gasteiger partial charge in [0.05, 0.1) is 12.5 Å². The van der Waals surface area contributed by atoms with E-state index >= 15 is 0 Å². The molecule has 2 fully saturated rings. The number of nitrogens with zero attached hydrogens (tertiary/aromatic N) is 2. The minimum Gasteiger partial charge on any atom is -0.358 e. The van der Waals surface area contributed by atoms with Gasteiger partial charge in [-0.1, -0.05) is 83.2 Å². The third kappa shape index (κ3) is 6.43. The van der Waals surface area contributed by atoms with Crippen molar-refractivity contribution in [2.24, 2.45) is 16.7 Å². The SMILES string of the molecule is C=C(CC1CC(=O)N(CCN2CCOC2c2ccc3ccccc3c2)C1=O)CC(C)(C)CC(C)(C)C. The molecule has 194 valence electrons. The van der Waals surface area contributed by atoms with E-state index in [1.165, 1.54) is 15.7 Å². The molecule has 0 N–H and O–H groups in total. The van der Waals surface area contributed by atoms with Crippen LogP contribution < -0.4 is 0 Å². The van der Waals surface area contributed by atoms with Gasteiger partial charge in [0.25, 0.3) is 0 Å². The van der Waals surface area contributed by atoms with Crippen LogP contribution in [0.1, 0.15) is 72.1 Å². The molecule has 2 atom stereocenters. The molecule has 0 saturated carbocycles. The summed E-state index contributed by atoms with van der Waals surface area (Å²) in [5, 5.41) is 2.39. The van der Waals surface area contributed by atoms with E-state index in [9.17, 15) is 9.59 Å². The minimum absolute atomic E-state index is 0.0443. The van der Waals surface area contributed by atoms with Gasteiger partial charge in [0.15, 0.2) is 0 Å². The fraction of sp³-hybridized carbons (Fsp3) is 0.548. The number of rotatable bonds is 9. The Bertz CT molecular complexity index is 1130. The summed E-state index contributed by atoms with van der Waals surface area (Å²) in [6.45, 7) is 18.0. The largest absolute Gasteiger partial charge is 0.358 e. The first-order valence-electron chi connectivity index (χ1n) is 13.3. The van der Waals surface area contributed by atoms with Gasteiger partial charge in [-0.3, -0.25) is 19.4 Å².